The summed E-state index contributed by atoms with van der Waals surface area (Å²) in [4.78, 5) is 80.7. The molecule has 2 aliphatic heterocycles. The molecule has 8 rings (SSSR count). The minimum absolute atomic E-state index is 0. The first-order chi connectivity index (χ1) is 43.9. The number of esters is 2. The molecule has 2 unspecified atom stereocenters. The van der Waals surface area contributed by atoms with Crippen LogP contribution in [0.5, 0.6) is 0 Å². The normalized spacial score (nSPS) is 14.3. The molecule has 2 fully saturated rings. The van der Waals surface area contributed by atoms with Crippen molar-refractivity contribution in [3.63, 3.8) is 0 Å². The molecule has 2 aliphatic rings. The highest BCUT2D eigenvalue weighted by Crippen LogP contribution is 2.38. The highest BCUT2D eigenvalue weighted by Gasteiger charge is 2.32. The van der Waals surface area contributed by atoms with E-state index in [9.17, 15) is 47.0 Å². The monoisotopic (exact) mass is 1300 g/mol. The number of nitrogens with zero attached hydrogens (tertiary/aromatic N) is 4. The SMILES string of the molecule is C.CCOC(=O)C[C@H](CC(=O)C(CC(C)C)n1cc(CCN2CCC2)c(C)cc1=O)c1cc(-c2c(C)ccc(F)c2C)cc(C)c1F.CCOC(=O)C[C@H](N)c1cc(-c2c(C)ccc(F)c2C)cc(C)c1F.Cc1cc(=O)n(C(CC(C)C)C(=O)O)cc1CCN1CCC1. The number of carbonyl (C=O) groups excluding carboxylic acids is 3. The van der Waals surface area contributed by atoms with E-state index in [-0.39, 0.29) is 91.4 Å². The number of ketones is 1. The number of aryl methyl sites for hydroxylation is 6. The Balaban J connectivity index is 0.000000280. The molecule has 0 aliphatic carbocycles. The summed E-state index contributed by atoms with van der Waals surface area (Å²) in [5.74, 6) is -4.39. The highest BCUT2D eigenvalue weighted by atomic mass is 19.1. The fourth-order valence-electron chi connectivity index (χ4n) is 12.4. The van der Waals surface area contributed by atoms with Gasteiger partial charge < -0.3 is 39.2 Å². The van der Waals surface area contributed by atoms with Crippen LogP contribution >= 0.6 is 0 Å². The van der Waals surface area contributed by atoms with E-state index in [1.807, 2.05) is 61.6 Å². The van der Waals surface area contributed by atoms with Gasteiger partial charge >= 0.3 is 17.9 Å². The molecule has 3 N–H and O–H groups in total. The molecule has 2 aromatic heterocycles. The van der Waals surface area contributed by atoms with Gasteiger partial charge in [0.05, 0.1) is 32.1 Å². The molecule has 4 aromatic carbocycles. The first kappa shape index (κ1) is 77.2. The smallest absolute Gasteiger partial charge is 0.326 e. The number of benzene rings is 4. The summed E-state index contributed by atoms with van der Waals surface area (Å²) in [6.45, 7) is 32.2. The van der Waals surface area contributed by atoms with E-state index in [1.54, 1.807) is 101 Å². The Morgan fingerprint density at radius 1 is 0.543 bits per heavy atom. The second-order valence-corrected chi connectivity index (χ2v) is 26.1. The van der Waals surface area contributed by atoms with Gasteiger partial charge in [0.2, 0.25) is 0 Å². The molecule has 18 heteroatoms. The number of aromatic nitrogens is 2. The van der Waals surface area contributed by atoms with Crippen molar-refractivity contribution in [1.29, 1.82) is 0 Å². The molecule has 4 heterocycles. The minimum Gasteiger partial charge on any atom is -0.480 e. The van der Waals surface area contributed by atoms with E-state index < -0.39 is 53.6 Å². The Labute approximate surface area is 553 Å². The van der Waals surface area contributed by atoms with Crippen LogP contribution in [0.2, 0.25) is 0 Å². The molecular formula is C76H101F4N5O9. The standard InChI is InChI=1S/C38H48F2N2O4.C20H23F2NO2.C17H26N2O3.CH4/c1-8-46-36(45)21-29(31-19-30(17-26(6)38(31)40)37-24(4)10-11-32(39)27(37)7)20-34(43)33(16-23(2)3)42-22-28(25(5)18-35(42)44)12-15-41-13-9-14-41;1-5-25-18(24)10-17(23)15-9-14(8-12(3)20(15)22)19-11(2)6-7-16(21)13(19)4;1-12(2)9-15(17(21)22)19-11-14(13(3)10-16(19)20)5-8-18-6-4-7-18;/h10-11,17-19,22-23,29,33H,8-9,12-16,20-21H2,1-7H3;6-9,17H,5,10,23H2,1-4H3;10-12,15H,4-9H2,1-3H3,(H,21,22);1H4/t29-,33?;17-;;/m00../s1. The number of aliphatic carboxylic acids is 1. The number of likely N-dealkylation sites (tertiary alicyclic amines) is 2. The maximum absolute atomic E-state index is 16.0. The maximum atomic E-state index is 16.0. The lowest BCUT2D eigenvalue weighted by Crippen LogP contribution is -2.38. The second-order valence-electron chi connectivity index (χ2n) is 26.1. The molecule has 94 heavy (non-hydrogen) atoms. The van der Waals surface area contributed by atoms with Crippen LogP contribution < -0.4 is 16.9 Å². The van der Waals surface area contributed by atoms with Gasteiger partial charge in [-0.2, -0.15) is 0 Å². The van der Waals surface area contributed by atoms with Gasteiger partial charge in [0.25, 0.3) is 11.1 Å². The Kier molecular flexibility index (Phi) is 29.0. The number of halogens is 4. The van der Waals surface area contributed by atoms with Crippen LogP contribution in [0, 0.1) is 90.5 Å². The fourth-order valence-corrected chi connectivity index (χ4v) is 12.4. The molecular weight excluding hydrogens is 1200 g/mol. The number of hydrogen-bond donors (Lipinski definition) is 2. The molecule has 0 radical (unpaired) electrons. The van der Waals surface area contributed by atoms with Gasteiger partial charge in [0, 0.05) is 61.6 Å². The molecule has 0 bridgehead atoms. The lowest BCUT2D eigenvalue weighted by atomic mass is 9.83. The maximum Gasteiger partial charge on any atom is 0.326 e. The zero-order valence-electron chi connectivity index (χ0n) is 57.0. The second kappa shape index (κ2) is 35.3. The van der Waals surface area contributed by atoms with Crippen molar-refractivity contribution in [3.05, 3.63) is 184 Å². The topological polar surface area (TPSA) is 183 Å². The van der Waals surface area contributed by atoms with E-state index in [0.717, 1.165) is 85.5 Å². The van der Waals surface area contributed by atoms with Gasteiger partial charge in [-0.25, -0.2) is 22.4 Å². The third kappa shape index (κ3) is 20.2. The van der Waals surface area contributed by atoms with Gasteiger partial charge in [-0.3, -0.25) is 24.0 Å². The van der Waals surface area contributed by atoms with Crippen LogP contribution in [-0.2, 0) is 41.5 Å². The number of nitrogens with two attached hydrogens (primary N) is 1. The van der Waals surface area contributed by atoms with Crippen molar-refractivity contribution in [2.45, 2.75) is 186 Å². The van der Waals surface area contributed by atoms with Gasteiger partial charge in [0.1, 0.15) is 29.3 Å². The van der Waals surface area contributed by atoms with Crippen molar-refractivity contribution in [3.8, 4) is 22.3 Å². The summed E-state index contributed by atoms with van der Waals surface area (Å²) in [5.41, 5.74) is 16.0. The van der Waals surface area contributed by atoms with Crippen molar-refractivity contribution < 1.29 is 51.3 Å². The lowest BCUT2D eigenvalue weighted by Gasteiger charge is -2.31. The highest BCUT2D eigenvalue weighted by molar-refractivity contribution is 5.85. The number of pyridine rings is 2. The van der Waals surface area contributed by atoms with Gasteiger partial charge in [0.15, 0.2) is 5.78 Å². The molecule has 0 amide bonds. The minimum atomic E-state index is -0.937. The van der Waals surface area contributed by atoms with E-state index in [1.165, 1.54) is 29.5 Å². The summed E-state index contributed by atoms with van der Waals surface area (Å²) >= 11 is 0. The van der Waals surface area contributed by atoms with Gasteiger partial charge in [-0.1, -0.05) is 47.3 Å². The summed E-state index contributed by atoms with van der Waals surface area (Å²) < 4.78 is 72.3. The largest absolute Gasteiger partial charge is 0.480 e. The van der Waals surface area contributed by atoms with E-state index in [0.29, 0.717) is 57.3 Å². The third-order valence-corrected chi connectivity index (χ3v) is 17.9. The predicted molar refractivity (Wildman–Crippen MR) is 366 cm³/mol. The summed E-state index contributed by atoms with van der Waals surface area (Å²) in [6, 6.07) is 13.6. The van der Waals surface area contributed by atoms with Crippen LogP contribution in [0.4, 0.5) is 17.6 Å². The number of carboxylic acids is 1. The van der Waals surface area contributed by atoms with Crippen molar-refractivity contribution in [1.82, 2.24) is 18.9 Å². The molecule has 0 saturated carbocycles. The predicted octanol–water partition coefficient (Wildman–Crippen LogP) is 14.8. The Bertz CT molecular complexity index is 3760. The van der Waals surface area contributed by atoms with E-state index in [4.69, 9.17) is 15.2 Å². The quantitative estimate of drug-likeness (QED) is 0.0388. The number of carboxylic acid groups (broad SMARTS) is 1. The molecule has 4 atom stereocenters. The van der Waals surface area contributed by atoms with Crippen LogP contribution in [-0.4, -0.2) is 100 Å². The van der Waals surface area contributed by atoms with Gasteiger partial charge in [-0.15, -0.1) is 0 Å². The average Bonchev–Trinajstić information content (AvgIpc) is 0.795. The van der Waals surface area contributed by atoms with Crippen LogP contribution in [0.1, 0.15) is 185 Å². The van der Waals surface area contributed by atoms with Gasteiger partial charge in [-0.05, 0) is 266 Å². The first-order valence-electron chi connectivity index (χ1n) is 32.8. The molecule has 14 nitrogen and oxygen atoms in total. The van der Waals surface area contributed by atoms with E-state index in [2.05, 4.69) is 9.80 Å². The van der Waals surface area contributed by atoms with Crippen molar-refractivity contribution in [2.24, 2.45) is 17.6 Å². The van der Waals surface area contributed by atoms with Crippen molar-refractivity contribution >= 4 is 23.7 Å². The summed E-state index contributed by atoms with van der Waals surface area (Å²) in [7, 11) is 0. The fraction of sp³-hybridized carbons (Fsp3) is 0.500. The zero-order chi connectivity index (χ0) is 68.7. The summed E-state index contributed by atoms with van der Waals surface area (Å²) in [6.07, 6.45) is 8.06. The molecule has 6 aromatic rings. The Hall–Kier alpha value is -7.54. The zero-order valence-corrected chi connectivity index (χ0v) is 57.0. The third-order valence-electron chi connectivity index (χ3n) is 17.9. The molecule has 2 saturated heterocycles. The summed E-state index contributed by atoms with van der Waals surface area (Å²) in [5, 5.41) is 9.46. The van der Waals surface area contributed by atoms with E-state index >= 15 is 4.39 Å². The average molecular weight is 1300 g/mol. The van der Waals surface area contributed by atoms with Crippen LogP contribution in [0.15, 0.2) is 82.6 Å². The number of hydrogen-bond acceptors (Lipinski definition) is 11. The van der Waals surface area contributed by atoms with Crippen LogP contribution in [0.25, 0.3) is 22.3 Å². The van der Waals surface area contributed by atoms with Crippen LogP contribution in [0.3, 0.4) is 0 Å². The number of Topliss-reactive ketones (excluding diaryl/α,β-unsaturated/α-hetero) is 1. The van der Waals surface area contributed by atoms with Crippen molar-refractivity contribution in [2.75, 3.05) is 52.5 Å². The lowest BCUT2D eigenvalue weighted by molar-refractivity contribution is -0.144. The molecule has 512 valence electrons. The Morgan fingerprint density at radius 2 is 0.947 bits per heavy atom. The number of ether oxygens (including phenoxy) is 2. The number of carbonyl (C=O) groups is 4. The number of rotatable bonds is 26. The molecule has 0 spiro atoms. The first-order valence-corrected chi connectivity index (χ1v) is 32.8. The Morgan fingerprint density at radius 3 is 1.35 bits per heavy atom.